The van der Waals surface area contributed by atoms with Crippen LogP contribution < -0.4 is 30.3 Å². The van der Waals surface area contributed by atoms with Crippen molar-refractivity contribution < 1.29 is 28.6 Å². The van der Waals surface area contributed by atoms with Gasteiger partial charge in [-0.2, -0.15) is 5.10 Å². The molecule has 3 amide bonds. The van der Waals surface area contributed by atoms with Gasteiger partial charge in [-0.15, -0.1) is 0 Å². The monoisotopic (exact) mass is 490 g/mol. The van der Waals surface area contributed by atoms with E-state index in [0.717, 1.165) is 5.56 Å². The minimum absolute atomic E-state index is 0.212. The first kappa shape index (κ1) is 25.8. The van der Waals surface area contributed by atoms with Crippen LogP contribution in [-0.2, 0) is 20.9 Å². The highest BCUT2D eigenvalue weighted by Gasteiger charge is 2.14. The van der Waals surface area contributed by atoms with Crippen molar-refractivity contribution in [2.75, 3.05) is 26.1 Å². The van der Waals surface area contributed by atoms with Crippen LogP contribution >= 0.6 is 0 Å². The van der Waals surface area contributed by atoms with Gasteiger partial charge in [0.1, 0.15) is 5.75 Å². The standard InChI is InChI=1S/C26H26N4O6/c1-34-21-13-11-20(12-14-21)29-23(31)17-36-24-19(9-6-10-22(24)35-2)16-28-30-26(33)25(32)27-15-18-7-4-3-5-8-18/h3-14,16H,15,17H2,1-2H3,(H,27,32)(H,29,31)(H,30,33)/b28-16-. The van der Waals surface area contributed by atoms with E-state index in [-0.39, 0.29) is 18.9 Å². The lowest BCUT2D eigenvalue weighted by Crippen LogP contribution is -2.37. The number of anilines is 1. The van der Waals surface area contributed by atoms with Gasteiger partial charge in [0.25, 0.3) is 5.91 Å². The molecule has 0 radical (unpaired) electrons. The molecule has 0 aromatic heterocycles. The van der Waals surface area contributed by atoms with Crippen molar-refractivity contribution in [3.05, 3.63) is 83.9 Å². The largest absolute Gasteiger partial charge is 0.497 e. The predicted molar refractivity (Wildman–Crippen MR) is 134 cm³/mol. The number of benzene rings is 3. The zero-order valence-electron chi connectivity index (χ0n) is 19.8. The first-order chi connectivity index (χ1) is 17.5. The number of carbonyl (C=O) groups excluding carboxylic acids is 3. The van der Waals surface area contributed by atoms with Crippen LogP contribution in [0.1, 0.15) is 11.1 Å². The van der Waals surface area contributed by atoms with E-state index in [9.17, 15) is 14.4 Å². The normalized spacial score (nSPS) is 10.4. The average Bonchev–Trinajstić information content (AvgIpc) is 2.91. The third-order valence-electron chi connectivity index (χ3n) is 4.82. The van der Waals surface area contributed by atoms with E-state index in [4.69, 9.17) is 14.2 Å². The highest BCUT2D eigenvalue weighted by atomic mass is 16.5. The molecular formula is C26H26N4O6. The van der Waals surface area contributed by atoms with E-state index in [1.54, 1.807) is 49.6 Å². The lowest BCUT2D eigenvalue weighted by Gasteiger charge is -2.13. The van der Waals surface area contributed by atoms with Gasteiger partial charge in [0, 0.05) is 17.8 Å². The van der Waals surface area contributed by atoms with Gasteiger partial charge in [-0.1, -0.05) is 36.4 Å². The molecule has 10 heteroatoms. The molecule has 3 rings (SSSR count). The molecular weight excluding hydrogens is 464 g/mol. The van der Waals surface area contributed by atoms with Crippen LogP contribution in [0.5, 0.6) is 17.2 Å². The summed E-state index contributed by atoms with van der Waals surface area (Å²) in [6, 6.07) is 21.1. The van der Waals surface area contributed by atoms with Gasteiger partial charge < -0.3 is 24.8 Å². The zero-order valence-corrected chi connectivity index (χ0v) is 19.8. The second-order valence-corrected chi connectivity index (χ2v) is 7.31. The molecule has 3 aromatic rings. The Morgan fingerprint density at radius 3 is 2.31 bits per heavy atom. The molecule has 36 heavy (non-hydrogen) atoms. The number of hydrogen-bond acceptors (Lipinski definition) is 7. The molecule has 0 spiro atoms. The Morgan fingerprint density at radius 1 is 0.861 bits per heavy atom. The Morgan fingerprint density at radius 2 is 1.61 bits per heavy atom. The minimum atomic E-state index is -0.925. The Balaban J connectivity index is 1.57. The van der Waals surface area contributed by atoms with E-state index >= 15 is 0 Å². The fraction of sp³-hybridized carbons (Fsp3) is 0.154. The average molecular weight is 491 g/mol. The molecule has 0 heterocycles. The molecule has 0 fully saturated rings. The Bertz CT molecular complexity index is 1210. The number of nitrogens with one attached hydrogen (secondary N) is 3. The van der Waals surface area contributed by atoms with E-state index in [1.807, 2.05) is 30.3 Å². The number of rotatable bonds is 10. The van der Waals surface area contributed by atoms with E-state index in [0.29, 0.717) is 22.7 Å². The number of nitrogens with zero attached hydrogens (tertiary/aromatic N) is 1. The molecule has 10 nitrogen and oxygen atoms in total. The Hall–Kier alpha value is -4.86. The predicted octanol–water partition coefficient (Wildman–Crippen LogP) is 2.49. The number of ether oxygens (including phenoxy) is 3. The SMILES string of the molecule is COc1ccc(NC(=O)COc2c(/C=N\NC(=O)C(=O)NCc3ccccc3)cccc2OC)cc1. The lowest BCUT2D eigenvalue weighted by atomic mass is 10.2. The second kappa shape index (κ2) is 13.1. The number of carbonyl (C=O) groups is 3. The molecule has 0 unspecified atom stereocenters. The Labute approximate surface area is 208 Å². The van der Waals surface area contributed by atoms with Crippen LogP contribution in [0.3, 0.4) is 0 Å². The third-order valence-corrected chi connectivity index (χ3v) is 4.82. The molecule has 0 aliphatic heterocycles. The summed E-state index contributed by atoms with van der Waals surface area (Å²) in [5.41, 5.74) is 4.04. The van der Waals surface area contributed by atoms with Crippen molar-refractivity contribution in [2.45, 2.75) is 6.54 Å². The van der Waals surface area contributed by atoms with Gasteiger partial charge in [0.2, 0.25) is 0 Å². The summed E-state index contributed by atoms with van der Waals surface area (Å²) in [5, 5.41) is 9.07. The quantitative estimate of drug-likeness (QED) is 0.228. The summed E-state index contributed by atoms with van der Waals surface area (Å²) in [4.78, 5) is 36.4. The van der Waals surface area contributed by atoms with Crippen LogP contribution in [-0.4, -0.2) is 44.8 Å². The number of hydrogen-bond donors (Lipinski definition) is 3. The molecule has 0 atom stereocenters. The lowest BCUT2D eigenvalue weighted by molar-refractivity contribution is -0.139. The second-order valence-electron chi connectivity index (χ2n) is 7.31. The number of para-hydroxylation sites is 1. The van der Waals surface area contributed by atoms with Gasteiger partial charge in [-0.3, -0.25) is 14.4 Å². The fourth-order valence-electron chi connectivity index (χ4n) is 3.03. The number of hydrazone groups is 1. The minimum Gasteiger partial charge on any atom is -0.497 e. The van der Waals surface area contributed by atoms with Crippen molar-refractivity contribution in [1.82, 2.24) is 10.7 Å². The van der Waals surface area contributed by atoms with Crippen LogP contribution in [0.15, 0.2) is 77.9 Å². The summed E-state index contributed by atoms with van der Waals surface area (Å²) in [6.45, 7) is -0.0925. The first-order valence-electron chi connectivity index (χ1n) is 10.9. The first-order valence-corrected chi connectivity index (χ1v) is 10.9. The Kier molecular flexibility index (Phi) is 9.40. The molecule has 3 N–H and O–H groups in total. The van der Waals surface area contributed by atoms with E-state index in [2.05, 4.69) is 21.2 Å². The molecule has 0 aliphatic rings. The fourth-order valence-corrected chi connectivity index (χ4v) is 3.03. The van der Waals surface area contributed by atoms with E-state index < -0.39 is 17.7 Å². The highest BCUT2D eigenvalue weighted by molar-refractivity contribution is 6.35. The van der Waals surface area contributed by atoms with Crippen LogP contribution in [0, 0.1) is 0 Å². The zero-order chi connectivity index (χ0) is 25.8. The third kappa shape index (κ3) is 7.59. The molecule has 0 bridgehead atoms. The van der Waals surface area contributed by atoms with Crippen molar-refractivity contribution in [2.24, 2.45) is 5.10 Å². The van der Waals surface area contributed by atoms with Crippen LogP contribution in [0.2, 0.25) is 0 Å². The maximum atomic E-state index is 12.4. The topological polar surface area (TPSA) is 127 Å². The summed E-state index contributed by atoms with van der Waals surface area (Å²) in [5.74, 6) is -0.861. The van der Waals surface area contributed by atoms with Crippen molar-refractivity contribution in [1.29, 1.82) is 0 Å². The summed E-state index contributed by atoms with van der Waals surface area (Å²) < 4.78 is 16.1. The van der Waals surface area contributed by atoms with Crippen LogP contribution in [0.25, 0.3) is 0 Å². The van der Waals surface area contributed by atoms with Gasteiger partial charge >= 0.3 is 11.8 Å². The van der Waals surface area contributed by atoms with Crippen molar-refractivity contribution >= 4 is 29.6 Å². The van der Waals surface area contributed by atoms with Gasteiger partial charge in [-0.25, -0.2) is 5.43 Å². The molecule has 3 aromatic carbocycles. The number of amides is 3. The van der Waals surface area contributed by atoms with Gasteiger partial charge in [-0.05, 0) is 42.0 Å². The summed E-state index contributed by atoms with van der Waals surface area (Å²) >= 11 is 0. The van der Waals surface area contributed by atoms with Crippen molar-refractivity contribution in [3.8, 4) is 17.2 Å². The maximum absolute atomic E-state index is 12.4. The molecule has 0 saturated heterocycles. The smallest absolute Gasteiger partial charge is 0.329 e. The van der Waals surface area contributed by atoms with Gasteiger partial charge in [0.05, 0.1) is 20.4 Å². The summed E-state index contributed by atoms with van der Waals surface area (Å²) in [7, 11) is 3.02. The summed E-state index contributed by atoms with van der Waals surface area (Å²) in [6.07, 6.45) is 1.29. The maximum Gasteiger partial charge on any atom is 0.329 e. The molecule has 0 saturated carbocycles. The number of methoxy groups -OCH3 is 2. The van der Waals surface area contributed by atoms with Gasteiger partial charge in [0.15, 0.2) is 18.1 Å². The van der Waals surface area contributed by atoms with Crippen LogP contribution in [0.4, 0.5) is 5.69 Å². The van der Waals surface area contributed by atoms with E-state index in [1.165, 1.54) is 13.3 Å². The van der Waals surface area contributed by atoms with Crippen molar-refractivity contribution in [3.63, 3.8) is 0 Å². The molecule has 186 valence electrons. The molecule has 0 aliphatic carbocycles. The highest BCUT2D eigenvalue weighted by Crippen LogP contribution is 2.30.